The van der Waals surface area contributed by atoms with Crippen molar-refractivity contribution >= 4 is 28.4 Å². The maximum absolute atomic E-state index is 6.04. The van der Waals surface area contributed by atoms with Crippen LogP contribution in [0.3, 0.4) is 0 Å². The zero-order chi connectivity index (χ0) is 18.1. The maximum atomic E-state index is 6.04. The van der Waals surface area contributed by atoms with Crippen molar-refractivity contribution in [3.8, 4) is 11.5 Å². The minimum Gasteiger partial charge on any atom is -0.494 e. The average Bonchev–Trinajstić information content (AvgIpc) is 2.65. The third-order valence-corrected chi connectivity index (χ3v) is 5.35. The van der Waals surface area contributed by atoms with Gasteiger partial charge >= 0.3 is 0 Å². The van der Waals surface area contributed by atoms with Crippen molar-refractivity contribution in [3.63, 3.8) is 0 Å². The van der Waals surface area contributed by atoms with Gasteiger partial charge in [0.1, 0.15) is 17.0 Å². The first-order chi connectivity index (χ1) is 12.7. The zero-order valence-corrected chi connectivity index (χ0v) is 15.6. The van der Waals surface area contributed by atoms with E-state index < -0.39 is 0 Å². The van der Waals surface area contributed by atoms with Crippen molar-refractivity contribution in [1.29, 1.82) is 0 Å². The van der Waals surface area contributed by atoms with Crippen LogP contribution >= 0.6 is 11.8 Å². The molecule has 134 valence electrons. The molecule has 2 heterocycles. The molecule has 1 aliphatic heterocycles. The molecule has 0 radical (unpaired) electrons. The molecule has 0 amide bonds. The predicted molar refractivity (Wildman–Crippen MR) is 104 cm³/mol. The summed E-state index contributed by atoms with van der Waals surface area (Å²) < 4.78 is 16.5. The van der Waals surface area contributed by atoms with Crippen LogP contribution in [-0.4, -0.2) is 18.9 Å². The van der Waals surface area contributed by atoms with Gasteiger partial charge in [0.2, 0.25) is 0 Å². The molecule has 0 fully saturated rings. The molecule has 6 heteroatoms. The molecule has 0 unspecified atom stereocenters. The fraction of sp³-hybridized carbons (Fsp3) is 0.250. The van der Waals surface area contributed by atoms with Gasteiger partial charge in [-0.05, 0) is 36.8 Å². The lowest BCUT2D eigenvalue weighted by molar-refractivity contribution is -0.0168. The quantitative estimate of drug-likeness (QED) is 0.547. The van der Waals surface area contributed by atoms with E-state index in [1.165, 1.54) is 5.56 Å². The number of benzene rings is 2. The third-order valence-electron chi connectivity index (χ3n) is 4.39. The van der Waals surface area contributed by atoms with Gasteiger partial charge in [0.25, 0.3) is 0 Å². The van der Waals surface area contributed by atoms with Crippen LogP contribution < -0.4 is 15.2 Å². The molecule has 0 aliphatic carbocycles. The molecule has 0 saturated carbocycles. The number of nitrogens with zero attached hydrogens (tertiary/aromatic N) is 1. The SMILES string of the molecule is COc1cccc2c(C)cc(SCc3cc(N)cc4c3OCOC4)nc12. The summed E-state index contributed by atoms with van der Waals surface area (Å²) in [5, 5.41) is 2.05. The number of rotatable bonds is 4. The van der Waals surface area contributed by atoms with Crippen LogP contribution in [0.2, 0.25) is 0 Å². The number of nitrogen functional groups attached to an aromatic ring is 1. The van der Waals surface area contributed by atoms with E-state index in [-0.39, 0.29) is 6.79 Å². The number of hydrogen-bond donors (Lipinski definition) is 1. The monoisotopic (exact) mass is 368 g/mol. The number of thioether (sulfide) groups is 1. The van der Waals surface area contributed by atoms with E-state index in [0.717, 1.165) is 50.0 Å². The molecular weight excluding hydrogens is 348 g/mol. The summed E-state index contributed by atoms with van der Waals surface area (Å²) in [6.07, 6.45) is 0. The second kappa shape index (κ2) is 7.05. The second-order valence-electron chi connectivity index (χ2n) is 6.20. The van der Waals surface area contributed by atoms with Crippen LogP contribution in [0.25, 0.3) is 10.9 Å². The number of ether oxygens (including phenoxy) is 3. The Balaban J connectivity index is 1.66. The number of pyridine rings is 1. The van der Waals surface area contributed by atoms with Gasteiger partial charge in [-0.25, -0.2) is 4.98 Å². The minimum absolute atomic E-state index is 0.277. The predicted octanol–water partition coefficient (Wildman–Crippen LogP) is 4.29. The van der Waals surface area contributed by atoms with Gasteiger partial charge in [0, 0.05) is 28.0 Å². The smallest absolute Gasteiger partial charge is 0.189 e. The Bertz CT molecular complexity index is 975. The lowest BCUT2D eigenvalue weighted by Gasteiger charge is -2.21. The second-order valence-corrected chi connectivity index (χ2v) is 7.20. The lowest BCUT2D eigenvalue weighted by atomic mass is 10.1. The van der Waals surface area contributed by atoms with E-state index in [2.05, 4.69) is 19.1 Å². The number of aromatic nitrogens is 1. The number of aryl methyl sites for hydroxylation is 1. The fourth-order valence-electron chi connectivity index (χ4n) is 3.19. The summed E-state index contributed by atoms with van der Waals surface area (Å²) in [5.41, 5.74) is 10.9. The van der Waals surface area contributed by atoms with Crippen molar-refractivity contribution in [1.82, 2.24) is 4.98 Å². The van der Waals surface area contributed by atoms with Crippen molar-refractivity contribution in [3.05, 3.63) is 53.1 Å². The van der Waals surface area contributed by atoms with Gasteiger partial charge < -0.3 is 19.9 Å². The molecule has 3 aromatic rings. The van der Waals surface area contributed by atoms with Gasteiger partial charge in [-0.2, -0.15) is 0 Å². The largest absolute Gasteiger partial charge is 0.494 e. The van der Waals surface area contributed by atoms with Crippen LogP contribution in [0.4, 0.5) is 5.69 Å². The fourth-order valence-corrected chi connectivity index (χ4v) is 4.12. The van der Waals surface area contributed by atoms with E-state index >= 15 is 0 Å². The molecule has 5 nitrogen and oxygen atoms in total. The number of hydrogen-bond acceptors (Lipinski definition) is 6. The molecule has 2 aromatic carbocycles. The van der Waals surface area contributed by atoms with Gasteiger partial charge in [-0.1, -0.05) is 12.1 Å². The third kappa shape index (κ3) is 3.18. The van der Waals surface area contributed by atoms with Gasteiger partial charge in [-0.3, -0.25) is 0 Å². The molecule has 0 bridgehead atoms. The molecule has 1 aliphatic rings. The summed E-state index contributed by atoms with van der Waals surface area (Å²) in [6.45, 7) is 2.90. The topological polar surface area (TPSA) is 66.6 Å². The lowest BCUT2D eigenvalue weighted by Crippen LogP contribution is -2.13. The minimum atomic E-state index is 0.277. The van der Waals surface area contributed by atoms with Crippen LogP contribution in [0.5, 0.6) is 11.5 Å². The maximum Gasteiger partial charge on any atom is 0.189 e. The molecule has 26 heavy (non-hydrogen) atoms. The van der Waals surface area contributed by atoms with E-state index in [4.69, 9.17) is 24.9 Å². The van der Waals surface area contributed by atoms with Crippen molar-refractivity contribution in [2.75, 3.05) is 19.6 Å². The number of anilines is 1. The highest BCUT2D eigenvalue weighted by atomic mass is 32.2. The molecular formula is C20H20N2O3S. The summed E-state index contributed by atoms with van der Waals surface area (Å²) in [4.78, 5) is 4.80. The van der Waals surface area contributed by atoms with Crippen LogP contribution in [0.1, 0.15) is 16.7 Å². The molecule has 4 rings (SSSR count). The van der Waals surface area contributed by atoms with Crippen LogP contribution in [0.15, 0.2) is 41.4 Å². The van der Waals surface area contributed by atoms with Gasteiger partial charge in [0.15, 0.2) is 6.79 Å². The summed E-state index contributed by atoms with van der Waals surface area (Å²) >= 11 is 1.66. The number of methoxy groups -OCH3 is 1. The first kappa shape index (κ1) is 17.0. The Labute approximate surface area is 156 Å². The standard InChI is InChI=1S/C20H20N2O3S/c1-12-6-18(22-19-16(12)4-3-5-17(19)23-2)26-10-14-8-15(21)7-13-9-24-11-25-20(13)14/h3-8H,9-11,21H2,1-2H3. The molecule has 1 aromatic heterocycles. The molecule has 0 spiro atoms. The summed E-state index contributed by atoms with van der Waals surface area (Å²) in [6, 6.07) is 12.0. The number of nitrogens with two attached hydrogens (primary N) is 1. The van der Waals surface area contributed by atoms with E-state index in [1.54, 1.807) is 18.9 Å². The average molecular weight is 368 g/mol. The van der Waals surface area contributed by atoms with Crippen molar-refractivity contribution in [2.45, 2.75) is 24.3 Å². The highest BCUT2D eigenvalue weighted by Crippen LogP contribution is 2.36. The Morgan fingerprint density at radius 3 is 3.00 bits per heavy atom. The van der Waals surface area contributed by atoms with Crippen molar-refractivity contribution in [2.24, 2.45) is 0 Å². The Kier molecular flexibility index (Phi) is 4.61. The Morgan fingerprint density at radius 2 is 2.15 bits per heavy atom. The normalized spacial score (nSPS) is 13.3. The number of para-hydroxylation sites is 1. The summed E-state index contributed by atoms with van der Waals surface area (Å²) in [7, 11) is 1.67. The van der Waals surface area contributed by atoms with Crippen LogP contribution in [-0.2, 0) is 17.1 Å². The van der Waals surface area contributed by atoms with E-state index in [1.807, 2.05) is 24.3 Å². The highest BCUT2D eigenvalue weighted by molar-refractivity contribution is 7.98. The van der Waals surface area contributed by atoms with E-state index in [9.17, 15) is 0 Å². The van der Waals surface area contributed by atoms with Crippen molar-refractivity contribution < 1.29 is 14.2 Å². The Hall–Kier alpha value is -2.44. The van der Waals surface area contributed by atoms with E-state index in [0.29, 0.717) is 6.61 Å². The first-order valence-corrected chi connectivity index (χ1v) is 9.33. The molecule has 2 N–H and O–H groups in total. The highest BCUT2D eigenvalue weighted by Gasteiger charge is 2.17. The number of fused-ring (bicyclic) bond motifs is 2. The summed E-state index contributed by atoms with van der Waals surface area (Å²) in [5.74, 6) is 2.39. The van der Waals surface area contributed by atoms with Gasteiger partial charge in [-0.15, -0.1) is 11.8 Å². The van der Waals surface area contributed by atoms with Gasteiger partial charge in [0.05, 0.1) is 18.7 Å². The Morgan fingerprint density at radius 1 is 1.27 bits per heavy atom. The zero-order valence-electron chi connectivity index (χ0n) is 14.7. The first-order valence-electron chi connectivity index (χ1n) is 8.34. The molecule has 0 atom stereocenters. The molecule has 0 saturated heterocycles. The van der Waals surface area contributed by atoms with Crippen LogP contribution in [0, 0.1) is 6.92 Å².